The van der Waals surface area contributed by atoms with E-state index in [1.807, 2.05) is 0 Å². The molecule has 0 radical (unpaired) electrons. The third-order valence-corrected chi connectivity index (χ3v) is 6.98. The van der Waals surface area contributed by atoms with Gasteiger partial charge in [-0.1, -0.05) is 89.6 Å². The largest absolute Gasteiger partial charge is 0.340 e. The van der Waals surface area contributed by atoms with E-state index >= 15 is 0 Å². The number of anilines is 1. The van der Waals surface area contributed by atoms with Crippen molar-refractivity contribution < 1.29 is 0 Å². The second-order valence-corrected chi connectivity index (χ2v) is 10.8. The average molecular weight is 369 g/mol. The van der Waals surface area contributed by atoms with E-state index in [4.69, 9.17) is 4.76 Å². The quantitative estimate of drug-likeness (QED) is 0.326. The predicted molar refractivity (Wildman–Crippen MR) is 119 cm³/mol. The van der Waals surface area contributed by atoms with Gasteiger partial charge < -0.3 is 5.32 Å². The molecule has 2 rings (SSSR count). The molecule has 0 aliphatic heterocycles. The third-order valence-electron chi connectivity index (χ3n) is 4.43. The van der Waals surface area contributed by atoms with Gasteiger partial charge >= 0.3 is 0 Å². The lowest BCUT2D eigenvalue weighted by Crippen LogP contribution is -2.16. The van der Waals surface area contributed by atoms with E-state index < -0.39 is 8.07 Å². The molecule has 1 N–H and O–H groups in total. The predicted octanol–water partition coefficient (Wildman–Crippen LogP) is 7.19. The number of nitrogens with zero attached hydrogens (tertiary/aromatic N) is 1. The van der Waals surface area contributed by atoms with Crippen molar-refractivity contribution >= 4 is 19.6 Å². The zero-order valence-corrected chi connectivity index (χ0v) is 18.1. The number of benzene rings is 2. The fourth-order valence-electron chi connectivity index (χ4n) is 3.05. The molecule has 2 aromatic rings. The average Bonchev–Trinajstić information content (AvgIpc) is 2.58. The standard InChI is InChI=1S/C23H33N2P/c1-16(2)21-10-8-9-11-22(21)24-23(20-14-12-19(7)13-15-20)25-26(17(3)4)18(5)6/h8-18H,1-7H3,(H,24,25). The Kier molecular flexibility index (Phi) is 7.41. The van der Waals surface area contributed by atoms with Crippen molar-refractivity contribution in [2.45, 2.75) is 65.7 Å². The molecule has 0 aliphatic rings. The number of amidine groups is 1. The number of hydrogen-bond donors (Lipinski definition) is 1. The van der Waals surface area contributed by atoms with E-state index in [2.05, 4.69) is 102 Å². The molecule has 0 saturated heterocycles. The molecule has 0 aliphatic carbocycles. The van der Waals surface area contributed by atoms with Gasteiger partial charge in [-0.3, -0.25) is 0 Å². The molecule has 0 heterocycles. The summed E-state index contributed by atoms with van der Waals surface area (Å²) < 4.78 is 5.24. The van der Waals surface area contributed by atoms with E-state index in [-0.39, 0.29) is 0 Å². The molecule has 3 heteroatoms. The highest BCUT2D eigenvalue weighted by atomic mass is 31.1. The van der Waals surface area contributed by atoms with Crippen molar-refractivity contribution in [1.29, 1.82) is 0 Å². The van der Waals surface area contributed by atoms with E-state index in [1.165, 1.54) is 11.1 Å². The van der Waals surface area contributed by atoms with Crippen LogP contribution in [0.2, 0.25) is 0 Å². The molecule has 2 nitrogen and oxygen atoms in total. The van der Waals surface area contributed by atoms with Gasteiger partial charge in [-0.2, -0.15) is 0 Å². The summed E-state index contributed by atoms with van der Waals surface area (Å²) in [7, 11) is -0.445. The Morgan fingerprint density at radius 2 is 1.42 bits per heavy atom. The molecular weight excluding hydrogens is 335 g/mol. The molecule has 0 amide bonds. The van der Waals surface area contributed by atoms with Crippen LogP contribution >= 0.6 is 8.07 Å². The minimum atomic E-state index is -0.445. The minimum absolute atomic E-state index is 0.445. The Hall–Kier alpha value is -1.66. The van der Waals surface area contributed by atoms with E-state index in [0.29, 0.717) is 17.2 Å². The highest BCUT2D eigenvalue weighted by Gasteiger charge is 2.19. The van der Waals surface area contributed by atoms with Gasteiger partial charge in [-0.15, -0.1) is 0 Å². The van der Waals surface area contributed by atoms with Gasteiger partial charge in [-0.05, 0) is 35.8 Å². The van der Waals surface area contributed by atoms with E-state index in [0.717, 1.165) is 17.1 Å². The van der Waals surface area contributed by atoms with Gasteiger partial charge in [0, 0.05) is 19.3 Å². The van der Waals surface area contributed by atoms with E-state index in [9.17, 15) is 0 Å². The fraction of sp³-hybridized carbons (Fsp3) is 0.435. The lowest BCUT2D eigenvalue weighted by Gasteiger charge is -2.24. The molecule has 0 unspecified atom stereocenters. The molecule has 0 atom stereocenters. The van der Waals surface area contributed by atoms with Crippen molar-refractivity contribution in [3.63, 3.8) is 0 Å². The molecule has 140 valence electrons. The lowest BCUT2D eigenvalue weighted by molar-refractivity contribution is 0.869. The maximum absolute atomic E-state index is 5.24. The smallest absolute Gasteiger partial charge is 0.136 e. The monoisotopic (exact) mass is 368 g/mol. The first-order chi connectivity index (χ1) is 12.3. The number of aryl methyl sites for hydroxylation is 1. The van der Waals surface area contributed by atoms with Crippen LogP contribution in [0.25, 0.3) is 0 Å². The fourth-order valence-corrected chi connectivity index (χ4v) is 5.10. The summed E-state index contributed by atoms with van der Waals surface area (Å²) >= 11 is 0. The zero-order chi connectivity index (χ0) is 19.3. The SMILES string of the molecule is Cc1ccc(C(=NP(C(C)C)C(C)C)Nc2ccccc2C(C)C)cc1. The molecule has 0 saturated carbocycles. The van der Waals surface area contributed by atoms with Crippen molar-refractivity contribution in [3.05, 3.63) is 65.2 Å². The molecule has 2 aromatic carbocycles. The first-order valence-electron chi connectivity index (χ1n) is 9.59. The van der Waals surface area contributed by atoms with Gasteiger partial charge in [0.15, 0.2) is 0 Å². The zero-order valence-electron chi connectivity index (χ0n) is 17.2. The maximum atomic E-state index is 5.24. The van der Waals surface area contributed by atoms with Crippen LogP contribution in [-0.4, -0.2) is 17.2 Å². The van der Waals surface area contributed by atoms with Crippen LogP contribution < -0.4 is 5.32 Å². The van der Waals surface area contributed by atoms with Crippen molar-refractivity contribution in [2.24, 2.45) is 4.76 Å². The molecule has 0 bridgehead atoms. The number of rotatable bonds is 6. The van der Waals surface area contributed by atoms with Gasteiger partial charge in [0.1, 0.15) is 5.84 Å². The van der Waals surface area contributed by atoms with Crippen LogP contribution in [0, 0.1) is 6.92 Å². The first-order valence-corrected chi connectivity index (χ1v) is 11.0. The van der Waals surface area contributed by atoms with Gasteiger partial charge in [0.05, 0.1) is 0 Å². The molecule has 0 fully saturated rings. The topological polar surface area (TPSA) is 24.4 Å². The number of hydrogen-bond acceptors (Lipinski definition) is 1. The van der Waals surface area contributed by atoms with Gasteiger partial charge in [-0.25, -0.2) is 4.76 Å². The van der Waals surface area contributed by atoms with Crippen LogP contribution in [0.5, 0.6) is 0 Å². The van der Waals surface area contributed by atoms with Crippen LogP contribution in [0.1, 0.15) is 64.2 Å². The van der Waals surface area contributed by atoms with Crippen LogP contribution in [0.4, 0.5) is 5.69 Å². The summed E-state index contributed by atoms with van der Waals surface area (Å²) in [5, 5.41) is 3.67. The summed E-state index contributed by atoms with van der Waals surface area (Å²) in [4.78, 5) is 0. The van der Waals surface area contributed by atoms with Crippen molar-refractivity contribution in [3.8, 4) is 0 Å². The number of para-hydroxylation sites is 1. The first kappa shape index (κ1) is 20.6. The van der Waals surface area contributed by atoms with Crippen LogP contribution in [0.15, 0.2) is 53.3 Å². The highest BCUT2D eigenvalue weighted by molar-refractivity contribution is 7.57. The Morgan fingerprint density at radius 3 is 1.96 bits per heavy atom. The summed E-state index contributed by atoms with van der Waals surface area (Å²) in [6.07, 6.45) is 0. The minimum Gasteiger partial charge on any atom is -0.340 e. The Bertz CT molecular complexity index is 722. The third kappa shape index (κ3) is 5.42. The Balaban J connectivity index is 2.49. The summed E-state index contributed by atoms with van der Waals surface area (Å²) in [6, 6.07) is 17.2. The summed E-state index contributed by atoms with van der Waals surface area (Å²) in [5.41, 5.74) is 6.03. The van der Waals surface area contributed by atoms with Gasteiger partial charge in [0.2, 0.25) is 0 Å². The van der Waals surface area contributed by atoms with Crippen LogP contribution in [-0.2, 0) is 0 Å². The summed E-state index contributed by atoms with van der Waals surface area (Å²) in [6.45, 7) is 15.7. The van der Waals surface area contributed by atoms with E-state index in [1.54, 1.807) is 0 Å². The maximum Gasteiger partial charge on any atom is 0.136 e. The molecular formula is C23H33N2P. The lowest BCUT2D eigenvalue weighted by atomic mass is 10.0. The second kappa shape index (κ2) is 9.33. The van der Waals surface area contributed by atoms with Crippen molar-refractivity contribution in [1.82, 2.24) is 0 Å². The Labute approximate surface area is 161 Å². The number of nitrogens with one attached hydrogen (secondary N) is 1. The molecule has 26 heavy (non-hydrogen) atoms. The summed E-state index contributed by atoms with van der Waals surface area (Å²) in [5.74, 6) is 1.46. The van der Waals surface area contributed by atoms with Gasteiger partial charge in [0.25, 0.3) is 0 Å². The molecule has 0 aromatic heterocycles. The molecule has 0 spiro atoms. The highest BCUT2D eigenvalue weighted by Crippen LogP contribution is 2.48. The van der Waals surface area contributed by atoms with Crippen LogP contribution in [0.3, 0.4) is 0 Å². The Morgan fingerprint density at radius 1 is 0.846 bits per heavy atom. The van der Waals surface area contributed by atoms with Crippen molar-refractivity contribution in [2.75, 3.05) is 5.32 Å². The normalized spacial score (nSPS) is 12.5. The second-order valence-electron chi connectivity index (χ2n) is 7.75.